The molecular weight excluding hydrogens is 605 g/mol. The van der Waals surface area contributed by atoms with Gasteiger partial charge in [-0.05, 0) is 92.8 Å². The molecule has 1 unspecified atom stereocenters. The van der Waals surface area contributed by atoms with Gasteiger partial charge in [0.05, 0.1) is 13.2 Å². The van der Waals surface area contributed by atoms with Crippen molar-refractivity contribution < 1.29 is 4.74 Å². The minimum atomic E-state index is 0.265. The standard InChI is InChI=1S/C49H44O/c1-5-15-38(16-6-1)27-28-39-19-13-20-42(33-39)35-46(34-40-29-31-44(32-30-40)43-21-9-3-10-22-43)48-26-14-25-47(45-23-11-4-12-24-45)49(48)37-50-36-41-17-7-2-8-18-41/h1-26,29-33,46H,27-28,34-37H2. The van der Waals surface area contributed by atoms with Crippen LogP contribution in [0.3, 0.4) is 0 Å². The Labute approximate surface area is 297 Å². The summed E-state index contributed by atoms with van der Waals surface area (Å²) < 4.78 is 6.52. The molecule has 246 valence electrons. The Balaban J connectivity index is 1.22. The Hall–Kier alpha value is -5.50. The largest absolute Gasteiger partial charge is 0.372 e. The predicted octanol–water partition coefficient (Wildman–Crippen LogP) is 12.1. The van der Waals surface area contributed by atoms with Gasteiger partial charge in [0.2, 0.25) is 0 Å². The molecule has 0 saturated heterocycles. The van der Waals surface area contributed by atoms with Crippen LogP contribution in [-0.4, -0.2) is 0 Å². The van der Waals surface area contributed by atoms with Gasteiger partial charge in [0, 0.05) is 0 Å². The van der Waals surface area contributed by atoms with Gasteiger partial charge in [0.15, 0.2) is 0 Å². The minimum Gasteiger partial charge on any atom is -0.372 e. The van der Waals surface area contributed by atoms with Gasteiger partial charge >= 0.3 is 0 Å². The van der Waals surface area contributed by atoms with E-state index >= 15 is 0 Å². The summed E-state index contributed by atoms with van der Waals surface area (Å²) in [7, 11) is 0. The van der Waals surface area contributed by atoms with Crippen LogP contribution in [0.1, 0.15) is 44.9 Å². The Kier molecular flexibility index (Phi) is 11.1. The molecule has 7 aromatic carbocycles. The van der Waals surface area contributed by atoms with Crippen molar-refractivity contribution in [3.8, 4) is 22.3 Å². The van der Waals surface area contributed by atoms with E-state index in [0.717, 1.165) is 25.7 Å². The molecule has 50 heavy (non-hydrogen) atoms. The van der Waals surface area contributed by atoms with Crippen molar-refractivity contribution in [1.29, 1.82) is 0 Å². The predicted molar refractivity (Wildman–Crippen MR) is 209 cm³/mol. The van der Waals surface area contributed by atoms with E-state index in [2.05, 4.69) is 188 Å². The van der Waals surface area contributed by atoms with Crippen LogP contribution in [0.4, 0.5) is 0 Å². The van der Waals surface area contributed by atoms with E-state index in [1.165, 1.54) is 61.2 Å². The second kappa shape index (κ2) is 16.7. The van der Waals surface area contributed by atoms with Crippen LogP contribution in [0.25, 0.3) is 22.3 Å². The first-order valence-corrected chi connectivity index (χ1v) is 17.8. The lowest BCUT2D eigenvalue weighted by atomic mass is 9.81. The molecule has 0 bridgehead atoms. The SMILES string of the molecule is c1ccc(CCc2cccc(CC(Cc3ccc(-c4ccccc4)cc3)c3cccc(-c4ccccc4)c3COCc3ccccc3)c2)cc1. The van der Waals surface area contributed by atoms with Gasteiger partial charge < -0.3 is 4.74 Å². The van der Waals surface area contributed by atoms with Crippen molar-refractivity contribution in [1.82, 2.24) is 0 Å². The average Bonchev–Trinajstić information content (AvgIpc) is 3.19. The topological polar surface area (TPSA) is 9.23 Å². The van der Waals surface area contributed by atoms with Gasteiger partial charge in [-0.2, -0.15) is 0 Å². The smallest absolute Gasteiger partial charge is 0.0730 e. The van der Waals surface area contributed by atoms with Crippen molar-refractivity contribution >= 4 is 0 Å². The molecule has 1 nitrogen and oxygen atoms in total. The first-order valence-electron chi connectivity index (χ1n) is 17.8. The molecule has 1 atom stereocenters. The highest BCUT2D eigenvalue weighted by molar-refractivity contribution is 5.69. The maximum atomic E-state index is 6.52. The monoisotopic (exact) mass is 648 g/mol. The fraction of sp³-hybridized carbons (Fsp3) is 0.143. The zero-order valence-corrected chi connectivity index (χ0v) is 28.6. The molecule has 0 spiro atoms. The highest BCUT2D eigenvalue weighted by atomic mass is 16.5. The van der Waals surface area contributed by atoms with Crippen molar-refractivity contribution in [2.75, 3.05) is 0 Å². The van der Waals surface area contributed by atoms with E-state index in [9.17, 15) is 0 Å². The summed E-state index contributed by atoms with van der Waals surface area (Å²) in [6.07, 6.45) is 3.96. The molecular formula is C49H44O. The molecule has 0 heterocycles. The summed E-state index contributed by atoms with van der Waals surface area (Å²) >= 11 is 0. The van der Waals surface area contributed by atoms with Crippen LogP contribution in [0.5, 0.6) is 0 Å². The zero-order chi connectivity index (χ0) is 33.8. The van der Waals surface area contributed by atoms with E-state index in [4.69, 9.17) is 4.74 Å². The Morgan fingerprint density at radius 2 is 0.880 bits per heavy atom. The third-order valence-corrected chi connectivity index (χ3v) is 9.66. The van der Waals surface area contributed by atoms with Gasteiger partial charge in [-0.3, -0.25) is 0 Å². The van der Waals surface area contributed by atoms with E-state index in [1.54, 1.807) is 0 Å². The van der Waals surface area contributed by atoms with E-state index < -0.39 is 0 Å². The van der Waals surface area contributed by atoms with Crippen molar-refractivity contribution in [3.63, 3.8) is 0 Å². The Morgan fingerprint density at radius 1 is 0.360 bits per heavy atom. The quantitative estimate of drug-likeness (QED) is 0.114. The summed E-state index contributed by atoms with van der Waals surface area (Å²) in [5, 5.41) is 0. The van der Waals surface area contributed by atoms with Gasteiger partial charge in [-0.15, -0.1) is 0 Å². The number of benzene rings is 7. The highest BCUT2D eigenvalue weighted by Gasteiger charge is 2.21. The normalized spacial score (nSPS) is 11.7. The van der Waals surface area contributed by atoms with Crippen molar-refractivity contribution in [2.24, 2.45) is 0 Å². The molecule has 0 saturated carbocycles. The van der Waals surface area contributed by atoms with Gasteiger partial charge in [0.1, 0.15) is 0 Å². The van der Waals surface area contributed by atoms with Crippen LogP contribution in [0.15, 0.2) is 188 Å². The number of hydrogen-bond acceptors (Lipinski definition) is 1. The van der Waals surface area contributed by atoms with Gasteiger partial charge in [-0.25, -0.2) is 0 Å². The fourth-order valence-electron chi connectivity index (χ4n) is 7.05. The molecule has 0 amide bonds. The third kappa shape index (κ3) is 8.74. The number of aryl methyl sites for hydroxylation is 2. The Morgan fingerprint density at radius 3 is 1.58 bits per heavy atom. The first-order chi connectivity index (χ1) is 24.8. The molecule has 0 N–H and O–H groups in total. The van der Waals surface area contributed by atoms with Crippen molar-refractivity contribution in [2.45, 2.75) is 44.8 Å². The summed E-state index contributed by atoms with van der Waals surface area (Å²) in [5.41, 5.74) is 14.3. The van der Waals surface area contributed by atoms with Crippen LogP contribution >= 0.6 is 0 Å². The molecule has 0 aliphatic rings. The summed E-state index contributed by atoms with van der Waals surface area (Å²) in [5.74, 6) is 0.265. The summed E-state index contributed by atoms with van der Waals surface area (Å²) in [6.45, 7) is 1.13. The second-order valence-corrected chi connectivity index (χ2v) is 13.2. The lowest BCUT2D eigenvalue weighted by Gasteiger charge is -2.24. The van der Waals surface area contributed by atoms with Crippen molar-refractivity contribution in [3.05, 3.63) is 227 Å². The molecule has 0 aromatic heterocycles. The summed E-state index contributed by atoms with van der Waals surface area (Å²) in [6, 6.07) is 68.0. The summed E-state index contributed by atoms with van der Waals surface area (Å²) in [4.78, 5) is 0. The van der Waals surface area contributed by atoms with Crippen LogP contribution in [0.2, 0.25) is 0 Å². The number of ether oxygens (including phenoxy) is 1. The molecule has 1 heteroatoms. The lowest BCUT2D eigenvalue weighted by molar-refractivity contribution is 0.106. The van der Waals surface area contributed by atoms with Crippen LogP contribution in [0, 0.1) is 0 Å². The maximum absolute atomic E-state index is 6.52. The van der Waals surface area contributed by atoms with Crippen LogP contribution < -0.4 is 0 Å². The number of rotatable bonds is 14. The Bertz CT molecular complexity index is 2050. The highest BCUT2D eigenvalue weighted by Crippen LogP contribution is 2.35. The maximum Gasteiger partial charge on any atom is 0.0730 e. The molecule has 0 fully saturated rings. The minimum absolute atomic E-state index is 0.265. The first kappa shape index (κ1) is 33.0. The molecule has 0 aliphatic carbocycles. The molecule has 7 rings (SSSR count). The molecule has 0 aliphatic heterocycles. The molecule has 0 radical (unpaired) electrons. The average molecular weight is 649 g/mol. The number of hydrogen-bond donors (Lipinski definition) is 0. The third-order valence-electron chi connectivity index (χ3n) is 9.66. The van der Waals surface area contributed by atoms with Gasteiger partial charge in [0.25, 0.3) is 0 Å². The second-order valence-electron chi connectivity index (χ2n) is 13.2. The van der Waals surface area contributed by atoms with Gasteiger partial charge in [-0.1, -0.05) is 188 Å². The lowest BCUT2D eigenvalue weighted by Crippen LogP contribution is -2.12. The van der Waals surface area contributed by atoms with Crippen LogP contribution in [-0.2, 0) is 43.6 Å². The van der Waals surface area contributed by atoms with E-state index in [0.29, 0.717) is 13.2 Å². The van der Waals surface area contributed by atoms with E-state index in [1.807, 2.05) is 0 Å². The fourth-order valence-corrected chi connectivity index (χ4v) is 7.05. The van der Waals surface area contributed by atoms with E-state index in [-0.39, 0.29) is 5.92 Å². The molecule has 7 aromatic rings. The zero-order valence-electron chi connectivity index (χ0n) is 28.6.